The second-order valence-corrected chi connectivity index (χ2v) is 8.24. The second-order valence-electron chi connectivity index (χ2n) is 7.30. The molecule has 8 heteroatoms. The SMILES string of the molecule is C=CCn1c(SCC(=O)NCc2ccccc2)nnc1[C@@H](C)NC(=O)c1ccccc1C. The predicted molar refractivity (Wildman–Crippen MR) is 126 cm³/mol. The molecule has 0 radical (unpaired) electrons. The van der Waals surface area contributed by atoms with E-state index in [0.29, 0.717) is 29.6 Å². The summed E-state index contributed by atoms with van der Waals surface area (Å²) < 4.78 is 1.87. The lowest BCUT2D eigenvalue weighted by Crippen LogP contribution is -2.29. The molecule has 0 fully saturated rings. The number of hydrogen-bond acceptors (Lipinski definition) is 5. The number of rotatable bonds is 10. The molecule has 0 aliphatic rings. The maximum atomic E-state index is 12.7. The largest absolute Gasteiger partial charge is 0.351 e. The average Bonchev–Trinajstić information content (AvgIpc) is 3.20. The number of benzene rings is 2. The van der Waals surface area contributed by atoms with Crippen LogP contribution < -0.4 is 10.6 Å². The summed E-state index contributed by atoms with van der Waals surface area (Å²) in [5.74, 6) is 0.568. The van der Waals surface area contributed by atoms with E-state index in [9.17, 15) is 9.59 Å². The standard InChI is InChI=1S/C24H27N5O2S/c1-4-14-29-22(18(3)26-23(31)20-13-9-8-10-17(20)2)27-28-24(29)32-16-21(30)25-15-19-11-6-5-7-12-19/h4-13,18H,1,14-16H2,2-3H3,(H,25,30)(H,26,31)/t18-/m1/s1. The van der Waals surface area contributed by atoms with Crippen LogP contribution in [0.4, 0.5) is 0 Å². The van der Waals surface area contributed by atoms with Gasteiger partial charge in [-0.1, -0.05) is 66.4 Å². The summed E-state index contributed by atoms with van der Waals surface area (Å²) in [6.45, 7) is 8.52. The Hall–Kier alpha value is -3.39. The van der Waals surface area contributed by atoms with Gasteiger partial charge in [0, 0.05) is 18.7 Å². The van der Waals surface area contributed by atoms with Crippen molar-refractivity contribution >= 4 is 23.6 Å². The molecule has 0 unspecified atom stereocenters. The Morgan fingerprint density at radius 1 is 1.12 bits per heavy atom. The van der Waals surface area contributed by atoms with Crippen LogP contribution in [0.1, 0.15) is 40.3 Å². The molecule has 0 aliphatic heterocycles. The molecule has 166 valence electrons. The Balaban J connectivity index is 1.62. The number of amides is 2. The Labute approximate surface area is 192 Å². The van der Waals surface area contributed by atoms with Crippen LogP contribution in [0.15, 0.2) is 72.4 Å². The van der Waals surface area contributed by atoms with Crippen molar-refractivity contribution in [3.05, 3.63) is 89.8 Å². The minimum Gasteiger partial charge on any atom is -0.351 e. The third-order valence-electron chi connectivity index (χ3n) is 4.85. The number of aryl methyl sites for hydroxylation is 1. The highest BCUT2D eigenvalue weighted by atomic mass is 32.2. The average molecular weight is 450 g/mol. The van der Waals surface area contributed by atoms with Crippen LogP contribution in [-0.2, 0) is 17.9 Å². The molecule has 1 aromatic heterocycles. The molecule has 0 saturated heterocycles. The van der Waals surface area contributed by atoms with Crippen molar-refractivity contribution in [1.82, 2.24) is 25.4 Å². The van der Waals surface area contributed by atoms with Crippen LogP contribution in [-0.4, -0.2) is 32.3 Å². The second kappa shape index (κ2) is 11.3. The van der Waals surface area contributed by atoms with Crippen LogP contribution >= 0.6 is 11.8 Å². The van der Waals surface area contributed by atoms with Gasteiger partial charge in [-0.05, 0) is 31.0 Å². The Bertz CT molecular complexity index is 1080. The fourth-order valence-corrected chi connectivity index (χ4v) is 3.96. The first-order valence-electron chi connectivity index (χ1n) is 10.3. The minimum atomic E-state index is -0.365. The van der Waals surface area contributed by atoms with Gasteiger partial charge >= 0.3 is 0 Å². The highest BCUT2D eigenvalue weighted by Gasteiger charge is 2.21. The smallest absolute Gasteiger partial charge is 0.252 e. The molecule has 1 atom stereocenters. The summed E-state index contributed by atoms with van der Waals surface area (Å²) in [5.41, 5.74) is 2.57. The van der Waals surface area contributed by atoms with Gasteiger partial charge in [0.2, 0.25) is 5.91 Å². The van der Waals surface area contributed by atoms with Crippen molar-refractivity contribution < 1.29 is 9.59 Å². The van der Waals surface area contributed by atoms with Crippen molar-refractivity contribution in [2.75, 3.05) is 5.75 Å². The van der Waals surface area contributed by atoms with E-state index in [0.717, 1.165) is 11.1 Å². The lowest BCUT2D eigenvalue weighted by Gasteiger charge is -2.16. The lowest BCUT2D eigenvalue weighted by atomic mass is 10.1. The molecular weight excluding hydrogens is 422 g/mol. The van der Waals surface area contributed by atoms with Crippen molar-refractivity contribution in [2.24, 2.45) is 0 Å². The van der Waals surface area contributed by atoms with Crippen molar-refractivity contribution in [2.45, 2.75) is 38.1 Å². The monoisotopic (exact) mass is 449 g/mol. The van der Waals surface area contributed by atoms with Gasteiger partial charge < -0.3 is 15.2 Å². The first-order valence-corrected chi connectivity index (χ1v) is 11.3. The van der Waals surface area contributed by atoms with Gasteiger partial charge in [0.1, 0.15) is 0 Å². The van der Waals surface area contributed by atoms with Gasteiger partial charge in [-0.3, -0.25) is 9.59 Å². The normalized spacial score (nSPS) is 11.6. The van der Waals surface area contributed by atoms with E-state index in [1.807, 2.05) is 66.9 Å². The molecule has 2 aromatic carbocycles. The molecule has 0 spiro atoms. The van der Waals surface area contributed by atoms with Crippen molar-refractivity contribution in [3.8, 4) is 0 Å². The molecule has 2 amide bonds. The van der Waals surface area contributed by atoms with E-state index < -0.39 is 0 Å². The molecule has 3 rings (SSSR count). The first-order chi connectivity index (χ1) is 15.5. The van der Waals surface area contributed by atoms with Gasteiger partial charge in [0.25, 0.3) is 5.91 Å². The third-order valence-corrected chi connectivity index (χ3v) is 5.81. The number of thioether (sulfide) groups is 1. The number of carbonyl (C=O) groups excluding carboxylic acids is 2. The topological polar surface area (TPSA) is 88.9 Å². The first kappa shape index (κ1) is 23.3. The van der Waals surface area contributed by atoms with Gasteiger partial charge in [-0.15, -0.1) is 16.8 Å². The molecule has 7 nitrogen and oxygen atoms in total. The van der Waals surface area contributed by atoms with Gasteiger partial charge in [-0.2, -0.15) is 0 Å². The van der Waals surface area contributed by atoms with Gasteiger partial charge in [0.15, 0.2) is 11.0 Å². The predicted octanol–water partition coefficient (Wildman–Crippen LogP) is 3.67. The minimum absolute atomic E-state index is 0.0885. The maximum absolute atomic E-state index is 12.7. The number of hydrogen-bond donors (Lipinski definition) is 2. The number of carbonyl (C=O) groups is 2. The summed E-state index contributed by atoms with van der Waals surface area (Å²) in [7, 11) is 0. The lowest BCUT2D eigenvalue weighted by molar-refractivity contribution is -0.118. The summed E-state index contributed by atoms with van der Waals surface area (Å²) in [6, 6.07) is 16.8. The summed E-state index contributed by atoms with van der Waals surface area (Å²) in [4.78, 5) is 24.9. The fourth-order valence-electron chi connectivity index (χ4n) is 3.17. The molecule has 32 heavy (non-hydrogen) atoms. The summed E-state index contributed by atoms with van der Waals surface area (Å²) in [6.07, 6.45) is 1.74. The maximum Gasteiger partial charge on any atom is 0.252 e. The van der Waals surface area contributed by atoms with Crippen LogP contribution in [0.3, 0.4) is 0 Å². The highest BCUT2D eigenvalue weighted by Crippen LogP contribution is 2.21. The molecule has 0 aliphatic carbocycles. The summed E-state index contributed by atoms with van der Waals surface area (Å²) >= 11 is 1.30. The van der Waals surface area contributed by atoms with Crippen molar-refractivity contribution in [1.29, 1.82) is 0 Å². The number of allylic oxidation sites excluding steroid dienone is 1. The molecule has 0 bridgehead atoms. The number of nitrogens with one attached hydrogen (secondary N) is 2. The zero-order valence-corrected chi connectivity index (χ0v) is 19.1. The Morgan fingerprint density at radius 2 is 1.84 bits per heavy atom. The van der Waals surface area contributed by atoms with Gasteiger partial charge in [-0.25, -0.2) is 0 Å². The molecule has 2 N–H and O–H groups in total. The zero-order chi connectivity index (χ0) is 22.9. The van der Waals surface area contributed by atoms with E-state index in [1.54, 1.807) is 12.1 Å². The van der Waals surface area contributed by atoms with Gasteiger partial charge in [0.05, 0.1) is 11.8 Å². The Morgan fingerprint density at radius 3 is 2.56 bits per heavy atom. The van der Waals surface area contributed by atoms with E-state index in [2.05, 4.69) is 27.4 Å². The van der Waals surface area contributed by atoms with Crippen LogP contribution in [0.2, 0.25) is 0 Å². The molecule has 3 aromatic rings. The molecular formula is C24H27N5O2S. The number of nitrogens with zero attached hydrogens (tertiary/aromatic N) is 3. The fraction of sp³-hybridized carbons (Fsp3) is 0.250. The zero-order valence-electron chi connectivity index (χ0n) is 18.2. The molecule has 0 saturated carbocycles. The van der Waals surface area contributed by atoms with Crippen LogP contribution in [0.25, 0.3) is 0 Å². The number of aromatic nitrogens is 3. The van der Waals surface area contributed by atoms with Crippen molar-refractivity contribution in [3.63, 3.8) is 0 Å². The highest BCUT2D eigenvalue weighted by molar-refractivity contribution is 7.99. The van der Waals surface area contributed by atoms with Crippen LogP contribution in [0, 0.1) is 6.92 Å². The Kier molecular flexibility index (Phi) is 8.21. The molecule has 1 heterocycles. The quantitative estimate of drug-likeness (QED) is 0.364. The third kappa shape index (κ3) is 6.07. The van der Waals surface area contributed by atoms with Crippen LogP contribution in [0.5, 0.6) is 0 Å². The van der Waals surface area contributed by atoms with E-state index in [-0.39, 0.29) is 23.6 Å². The van der Waals surface area contributed by atoms with E-state index in [1.165, 1.54) is 11.8 Å². The summed E-state index contributed by atoms with van der Waals surface area (Å²) in [5, 5.41) is 15.0. The van der Waals surface area contributed by atoms with E-state index in [4.69, 9.17) is 0 Å². The van der Waals surface area contributed by atoms with E-state index >= 15 is 0 Å².